The van der Waals surface area contributed by atoms with Crippen molar-refractivity contribution in [1.29, 1.82) is 0 Å². The summed E-state index contributed by atoms with van der Waals surface area (Å²) in [5.74, 6) is -0.767. The predicted molar refractivity (Wildman–Crippen MR) is 109 cm³/mol. The van der Waals surface area contributed by atoms with E-state index in [1.807, 2.05) is 62.4 Å². The fraction of sp³-hybridized carbons (Fsp3) is 0.227. The van der Waals surface area contributed by atoms with Crippen molar-refractivity contribution in [1.82, 2.24) is 10.3 Å². The average molecular weight is 397 g/mol. The zero-order valence-electron chi connectivity index (χ0n) is 15.8. The molecule has 1 aromatic heterocycles. The lowest BCUT2D eigenvalue weighted by atomic mass is 10.0. The minimum Gasteiger partial charge on any atom is -0.459 e. The van der Waals surface area contributed by atoms with Crippen molar-refractivity contribution >= 4 is 34.4 Å². The number of aromatic nitrogens is 1. The van der Waals surface area contributed by atoms with E-state index >= 15 is 0 Å². The molecule has 3 rings (SSSR count). The molecule has 0 radical (unpaired) electrons. The Balaban J connectivity index is 1.55. The van der Waals surface area contributed by atoms with Gasteiger partial charge in [-0.3, -0.25) is 9.59 Å². The number of rotatable bonds is 6. The van der Waals surface area contributed by atoms with Crippen LogP contribution in [0.3, 0.4) is 0 Å². The molecule has 1 heterocycles. The lowest BCUT2D eigenvalue weighted by Crippen LogP contribution is -2.31. The molecular formula is C22H21ClN2O3. The molecule has 5 nitrogen and oxygen atoms in total. The second kappa shape index (κ2) is 8.85. The number of esters is 1. The quantitative estimate of drug-likeness (QED) is 0.506. The first kappa shape index (κ1) is 19.8. The Morgan fingerprint density at radius 2 is 1.86 bits per heavy atom. The fourth-order valence-corrected chi connectivity index (χ4v) is 3.02. The van der Waals surface area contributed by atoms with Gasteiger partial charge < -0.3 is 10.1 Å². The topological polar surface area (TPSA) is 68.3 Å². The van der Waals surface area contributed by atoms with E-state index in [2.05, 4.69) is 10.3 Å². The summed E-state index contributed by atoms with van der Waals surface area (Å²) in [7, 11) is 0. The average Bonchev–Trinajstić information content (AvgIpc) is 2.69. The summed E-state index contributed by atoms with van der Waals surface area (Å²) >= 11 is 6.26. The standard InChI is InChI=1S/C22H21ClN2O3/c1-14-8-9-17-11-18(22(23)25-21(17)15(14)2)13-28-20(27)12-24-19(26)10-16-6-4-3-5-7-16/h3-9,11H,10,12-13H2,1-2H3,(H,24,26). The van der Waals surface area contributed by atoms with E-state index in [1.54, 1.807) is 0 Å². The van der Waals surface area contributed by atoms with Crippen LogP contribution in [-0.4, -0.2) is 23.4 Å². The molecule has 0 unspecified atom stereocenters. The van der Waals surface area contributed by atoms with Gasteiger partial charge in [-0.25, -0.2) is 4.98 Å². The number of pyridine rings is 1. The van der Waals surface area contributed by atoms with Crippen molar-refractivity contribution in [2.24, 2.45) is 0 Å². The normalized spacial score (nSPS) is 10.7. The Labute approximate surface area is 168 Å². The van der Waals surface area contributed by atoms with Crippen molar-refractivity contribution < 1.29 is 14.3 Å². The lowest BCUT2D eigenvalue weighted by Gasteiger charge is -2.10. The highest BCUT2D eigenvalue weighted by molar-refractivity contribution is 6.30. The molecular weight excluding hydrogens is 376 g/mol. The molecule has 0 atom stereocenters. The Kier molecular flexibility index (Phi) is 6.26. The molecule has 28 heavy (non-hydrogen) atoms. The molecule has 2 aromatic carbocycles. The van der Waals surface area contributed by atoms with E-state index in [9.17, 15) is 9.59 Å². The zero-order chi connectivity index (χ0) is 20.1. The number of amides is 1. The number of nitrogens with zero attached hydrogens (tertiary/aromatic N) is 1. The second-order valence-electron chi connectivity index (χ2n) is 6.62. The van der Waals surface area contributed by atoms with Crippen molar-refractivity contribution in [3.8, 4) is 0 Å². The van der Waals surface area contributed by atoms with Crippen molar-refractivity contribution in [3.05, 3.63) is 75.9 Å². The van der Waals surface area contributed by atoms with Gasteiger partial charge in [0.2, 0.25) is 5.91 Å². The first-order valence-electron chi connectivity index (χ1n) is 8.95. The first-order valence-corrected chi connectivity index (χ1v) is 9.33. The largest absolute Gasteiger partial charge is 0.459 e. The van der Waals surface area contributed by atoms with Crippen LogP contribution in [0.25, 0.3) is 10.9 Å². The summed E-state index contributed by atoms with van der Waals surface area (Å²) in [5, 5.41) is 3.81. The van der Waals surface area contributed by atoms with Gasteiger partial charge in [0.15, 0.2) is 0 Å². The van der Waals surface area contributed by atoms with Gasteiger partial charge in [0, 0.05) is 10.9 Å². The van der Waals surface area contributed by atoms with E-state index in [0.29, 0.717) is 10.7 Å². The molecule has 1 N–H and O–H groups in total. The van der Waals surface area contributed by atoms with Crippen molar-refractivity contribution in [2.45, 2.75) is 26.9 Å². The third kappa shape index (κ3) is 4.87. The molecule has 1 amide bonds. The van der Waals surface area contributed by atoms with Gasteiger partial charge in [-0.1, -0.05) is 54.1 Å². The summed E-state index contributed by atoms with van der Waals surface area (Å²) in [6.07, 6.45) is 0.216. The van der Waals surface area contributed by atoms with Crippen LogP contribution in [0.15, 0.2) is 48.5 Å². The Hall–Kier alpha value is -2.92. The maximum Gasteiger partial charge on any atom is 0.325 e. The molecule has 0 aliphatic rings. The third-order valence-corrected chi connectivity index (χ3v) is 4.89. The molecule has 0 aliphatic carbocycles. The van der Waals surface area contributed by atoms with Crippen LogP contribution in [-0.2, 0) is 27.4 Å². The number of ether oxygens (including phenoxy) is 1. The summed E-state index contributed by atoms with van der Waals surface area (Å²) < 4.78 is 5.23. The van der Waals surface area contributed by atoms with Crippen LogP contribution in [0, 0.1) is 13.8 Å². The Morgan fingerprint density at radius 1 is 1.11 bits per heavy atom. The molecule has 3 aromatic rings. The Bertz CT molecular complexity index is 1020. The van der Waals surface area contributed by atoms with Crippen LogP contribution in [0.5, 0.6) is 0 Å². The number of aryl methyl sites for hydroxylation is 2. The summed E-state index contributed by atoms with van der Waals surface area (Å²) in [6, 6.07) is 15.2. The minimum atomic E-state index is -0.530. The third-order valence-electron chi connectivity index (χ3n) is 4.56. The van der Waals surface area contributed by atoms with E-state index in [0.717, 1.165) is 27.6 Å². The number of carbonyl (C=O) groups excluding carboxylic acids is 2. The highest BCUT2D eigenvalue weighted by Gasteiger charge is 2.12. The summed E-state index contributed by atoms with van der Waals surface area (Å²) in [4.78, 5) is 28.3. The van der Waals surface area contributed by atoms with Gasteiger partial charge >= 0.3 is 5.97 Å². The van der Waals surface area contributed by atoms with Crippen LogP contribution in [0.4, 0.5) is 0 Å². The zero-order valence-corrected chi connectivity index (χ0v) is 16.5. The summed E-state index contributed by atoms with van der Waals surface area (Å²) in [5.41, 5.74) is 4.56. The lowest BCUT2D eigenvalue weighted by molar-refractivity contribution is -0.145. The maximum atomic E-state index is 11.9. The molecule has 0 fully saturated rings. The smallest absolute Gasteiger partial charge is 0.325 e. The van der Waals surface area contributed by atoms with Crippen molar-refractivity contribution in [2.75, 3.05) is 6.54 Å². The van der Waals surface area contributed by atoms with Gasteiger partial charge in [0.1, 0.15) is 18.3 Å². The number of benzene rings is 2. The molecule has 0 bridgehead atoms. The first-order chi connectivity index (χ1) is 13.4. The number of fused-ring (bicyclic) bond motifs is 1. The maximum absolute atomic E-state index is 11.9. The van der Waals surface area contributed by atoms with Crippen LogP contribution < -0.4 is 5.32 Å². The van der Waals surface area contributed by atoms with Gasteiger partial charge in [-0.2, -0.15) is 0 Å². The highest BCUT2D eigenvalue weighted by atomic mass is 35.5. The van der Waals surface area contributed by atoms with Crippen molar-refractivity contribution in [3.63, 3.8) is 0 Å². The van der Waals surface area contributed by atoms with Gasteiger partial charge in [0.25, 0.3) is 0 Å². The molecule has 0 spiro atoms. The number of hydrogen-bond acceptors (Lipinski definition) is 4. The van der Waals surface area contributed by atoms with Gasteiger partial charge in [0.05, 0.1) is 11.9 Å². The molecule has 144 valence electrons. The summed E-state index contributed by atoms with van der Waals surface area (Å²) in [6.45, 7) is 3.83. The number of hydrogen-bond donors (Lipinski definition) is 1. The van der Waals surface area contributed by atoms with E-state index in [-0.39, 0.29) is 25.5 Å². The Morgan fingerprint density at radius 3 is 2.61 bits per heavy atom. The molecule has 0 saturated heterocycles. The van der Waals surface area contributed by atoms with Gasteiger partial charge in [-0.15, -0.1) is 0 Å². The number of carbonyl (C=O) groups is 2. The number of nitrogens with one attached hydrogen (secondary N) is 1. The fourth-order valence-electron chi connectivity index (χ4n) is 2.83. The molecule has 6 heteroatoms. The van der Waals surface area contributed by atoms with Gasteiger partial charge in [-0.05, 0) is 36.6 Å². The van der Waals surface area contributed by atoms with E-state index in [4.69, 9.17) is 16.3 Å². The van der Waals surface area contributed by atoms with Crippen LogP contribution >= 0.6 is 11.6 Å². The highest BCUT2D eigenvalue weighted by Crippen LogP contribution is 2.25. The van der Waals surface area contributed by atoms with Crippen LogP contribution in [0.1, 0.15) is 22.3 Å². The van der Waals surface area contributed by atoms with Crippen LogP contribution in [0.2, 0.25) is 5.15 Å². The van der Waals surface area contributed by atoms with E-state index < -0.39 is 5.97 Å². The van der Waals surface area contributed by atoms with E-state index in [1.165, 1.54) is 0 Å². The predicted octanol–water partition coefficient (Wildman–Crippen LogP) is 3.91. The second-order valence-corrected chi connectivity index (χ2v) is 6.98. The monoisotopic (exact) mass is 396 g/mol. The SMILES string of the molecule is Cc1ccc2cc(COC(=O)CNC(=O)Cc3ccccc3)c(Cl)nc2c1C. The molecule has 0 saturated carbocycles. The minimum absolute atomic E-state index is 0.00207. The number of halogens is 1. The molecule has 0 aliphatic heterocycles.